The SMILES string of the molecule is CN(CCN)CCC(=O)O.O=C(O)C(F)(F)F. The van der Waals surface area contributed by atoms with Gasteiger partial charge in [-0.05, 0) is 7.05 Å². The largest absolute Gasteiger partial charge is 0.490 e. The van der Waals surface area contributed by atoms with E-state index < -0.39 is 18.1 Å². The van der Waals surface area contributed by atoms with Crippen LogP contribution in [0.1, 0.15) is 6.42 Å². The van der Waals surface area contributed by atoms with Crippen molar-refractivity contribution >= 4 is 11.9 Å². The van der Waals surface area contributed by atoms with E-state index in [0.717, 1.165) is 6.54 Å². The van der Waals surface area contributed by atoms with Crippen LogP contribution in [0.2, 0.25) is 0 Å². The van der Waals surface area contributed by atoms with Crippen LogP contribution in [-0.2, 0) is 9.59 Å². The summed E-state index contributed by atoms with van der Waals surface area (Å²) in [6.45, 7) is 1.91. The number of carbonyl (C=O) groups is 2. The van der Waals surface area contributed by atoms with Crippen LogP contribution in [0.3, 0.4) is 0 Å². The van der Waals surface area contributed by atoms with Gasteiger partial charge in [0.15, 0.2) is 0 Å². The van der Waals surface area contributed by atoms with E-state index in [4.69, 9.17) is 20.7 Å². The summed E-state index contributed by atoms with van der Waals surface area (Å²) in [5, 5.41) is 15.4. The molecule has 0 radical (unpaired) electrons. The molecule has 0 saturated carbocycles. The van der Waals surface area contributed by atoms with Gasteiger partial charge in [0, 0.05) is 19.6 Å². The Morgan fingerprint density at radius 1 is 1.24 bits per heavy atom. The quantitative estimate of drug-likeness (QED) is 0.642. The van der Waals surface area contributed by atoms with Crippen molar-refractivity contribution in [3.05, 3.63) is 0 Å². The number of nitrogens with two attached hydrogens (primary N) is 1. The van der Waals surface area contributed by atoms with Crippen molar-refractivity contribution in [2.45, 2.75) is 12.6 Å². The molecule has 6 nitrogen and oxygen atoms in total. The van der Waals surface area contributed by atoms with Crippen molar-refractivity contribution in [1.29, 1.82) is 0 Å². The van der Waals surface area contributed by atoms with Crippen molar-refractivity contribution in [3.63, 3.8) is 0 Å². The Kier molecular flexibility index (Phi) is 9.29. The number of halogens is 3. The Bertz CT molecular complexity index is 245. The normalized spacial score (nSPS) is 10.7. The number of nitrogens with zero attached hydrogens (tertiary/aromatic N) is 1. The van der Waals surface area contributed by atoms with E-state index >= 15 is 0 Å². The topological polar surface area (TPSA) is 104 Å². The first-order valence-electron chi connectivity index (χ1n) is 4.51. The van der Waals surface area contributed by atoms with E-state index in [9.17, 15) is 18.0 Å². The van der Waals surface area contributed by atoms with Crippen molar-refractivity contribution in [3.8, 4) is 0 Å². The molecule has 0 aliphatic heterocycles. The highest BCUT2D eigenvalue weighted by Gasteiger charge is 2.38. The zero-order chi connectivity index (χ0) is 14.1. The van der Waals surface area contributed by atoms with Gasteiger partial charge in [-0.1, -0.05) is 0 Å². The average molecular weight is 260 g/mol. The van der Waals surface area contributed by atoms with Crippen molar-refractivity contribution in [2.24, 2.45) is 5.73 Å². The van der Waals surface area contributed by atoms with Gasteiger partial charge in [-0.25, -0.2) is 4.79 Å². The molecule has 0 aromatic carbocycles. The number of hydrogen-bond acceptors (Lipinski definition) is 4. The fourth-order valence-electron chi connectivity index (χ4n) is 0.619. The van der Waals surface area contributed by atoms with Gasteiger partial charge in [-0.2, -0.15) is 13.2 Å². The van der Waals surface area contributed by atoms with Gasteiger partial charge in [0.25, 0.3) is 0 Å². The smallest absolute Gasteiger partial charge is 0.481 e. The maximum absolute atomic E-state index is 10.6. The third-order valence-corrected chi connectivity index (χ3v) is 1.46. The second-order valence-corrected chi connectivity index (χ2v) is 3.04. The predicted octanol–water partition coefficient (Wildman–Crippen LogP) is -0.0151. The van der Waals surface area contributed by atoms with Crippen molar-refractivity contribution in [1.82, 2.24) is 4.90 Å². The third kappa shape index (κ3) is 14.7. The molecule has 102 valence electrons. The zero-order valence-corrected chi connectivity index (χ0v) is 9.20. The fraction of sp³-hybridized carbons (Fsp3) is 0.750. The summed E-state index contributed by atoms with van der Waals surface area (Å²) in [6.07, 6.45) is -4.89. The molecular weight excluding hydrogens is 245 g/mol. The molecule has 0 fully saturated rings. The van der Waals surface area contributed by atoms with Crippen LogP contribution < -0.4 is 5.73 Å². The monoisotopic (exact) mass is 260 g/mol. The Morgan fingerprint density at radius 3 is 1.88 bits per heavy atom. The summed E-state index contributed by atoms with van der Waals surface area (Å²) < 4.78 is 31.7. The summed E-state index contributed by atoms with van der Waals surface area (Å²) in [5.41, 5.74) is 5.25. The molecule has 0 aromatic rings. The molecule has 0 aromatic heterocycles. The summed E-state index contributed by atoms with van der Waals surface area (Å²) in [4.78, 5) is 20.8. The first-order chi connectivity index (χ1) is 7.61. The lowest BCUT2D eigenvalue weighted by Gasteiger charge is -2.12. The molecule has 0 spiro atoms. The summed E-state index contributed by atoms with van der Waals surface area (Å²) in [7, 11) is 1.86. The molecule has 0 aliphatic carbocycles. The Balaban J connectivity index is 0. The molecule has 0 heterocycles. The van der Waals surface area contributed by atoms with E-state index in [2.05, 4.69) is 0 Å². The number of alkyl halides is 3. The first kappa shape index (κ1) is 18.0. The van der Waals surface area contributed by atoms with Gasteiger partial charge >= 0.3 is 18.1 Å². The molecule has 0 saturated heterocycles. The highest BCUT2D eigenvalue weighted by Crippen LogP contribution is 2.13. The number of carboxylic acids is 2. The van der Waals surface area contributed by atoms with Crippen LogP contribution in [0, 0.1) is 0 Å². The lowest BCUT2D eigenvalue weighted by atomic mass is 10.4. The maximum Gasteiger partial charge on any atom is 0.490 e. The standard InChI is InChI=1S/C6H14N2O2.C2HF3O2/c1-8(5-3-7)4-2-6(9)10;3-2(4,5)1(6)7/h2-5,7H2,1H3,(H,9,10);(H,6,7). The van der Waals surface area contributed by atoms with E-state index in [1.165, 1.54) is 0 Å². The predicted molar refractivity (Wildman–Crippen MR) is 52.5 cm³/mol. The van der Waals surface area contributed by atoms with Crippen LogP contribution in [-0.4, -0.2) is 59.9 Å². The minimum atomic E-state index is -5.08. The summed E-state index contributed by atoms with van der Waals surface area (Å²) >= 11 is 0. The molecule has 17 heavy (non-hydrogen) atoms. The van der Waals surface area contributed by atoms with Crippen LogP contribution in [0.25, 0.3) is 0 Å². The highest BCUT2D eigenvalue weighted by molar-refractivity contribution is 5.73. The first-order valence-corrected chi connectivity index (χ1v) is 4.51. The molecule has 0 atom stereocenters. The molecule has 0 aliphatic rings. The van der Waals surface area contributed by atoms with Gasteiger partial charge in [-0.15, -0.1) is 0 Å². The van der Waals surface area contributed by atoms with Gasteiger partial charge in [0.05, 0.1) is 6.42 Å². The van der Waals surface area contributed by atoms with E-state index in [0.29, 0.717) is 13.1 Å². The highest BCUT2D eigenvalue weighted by atomic mass is 19.4. The maximum atomic E-state index is 10.6. The minimum absolute atomic E-state index is 0.191. The van der Waals surface area contributed by atoms with Gasteiger partial charge in [-0.3, -0.25) is 4.79 Å². The van der Waals surface area contributed by atoms with Crippen LogP contribution in [0.5, 0.6) is 0 Å². The van der Waals surface area contributed by atoms with Crippen molar-refractivity contribution < 1.29 is 33.0 Å². The second kappa shape index (κ2) is 8.76. The molecule has 9 heteroatoms. The third-order valence-electron chi connectivity index (χ3n) is 1.46. The molecular formula is C8H15F3N2O4. The van der Waals surface area contributed by atoms with Gasteiger partial charge < -0.3 is 20.8 Å². The minimum Gasteiger partial charge on any atom is -0.481 e. The van der Waals surface area contributed by atoms with Crippen LogP contribution in [0.15, 0.2) is 0 Å². The molecule has 0 rings (SSSR count). The Hall–Kier alpha value is -1.35. The van der Waals surface area contributed by atoms with Gasteiger partial charge in [0.2, 0.25) is 0 Å². The lowest BCUT2D eigenvalue weighted by Crippen LogP contribution is -2.27. The van der Waals surface area contributed by atoms with E-state index in [-0.39, 0.29) is 6.42 Å². The number of carboxylic acid groups (broad SMARTS) is 2. The zero-order valence-electron chi connectivity index (χ0n) is 9.20. The number of rotatable bonds is 5. The van der Waals surface area contributed by atoms with Crippen LogP contribution in [0.4, 0.5) is 13.2 Å². The molecule has 0 bridgehead atoms. The fourth-order valence-corrected chi connectivity index (χ4v) is 0.619. The van der Waals surface area contributed by atoms with Crippen LogP contribution >= 0.6 is 0 Å². The summed E-state index contributed by atoms with van der Waals surface area (Å²) in [5.74, 6) is -3.52. The summed E-state index contributed by atoms with van der Waals surface area (Å²) in [6, 6.07) is 0. The Morgan fingerprint density at radius 2 is 1.65 bits per heavy atom. The Labute approximate surface area is 95.8 Å². The van der Waals surface area contributed by atoms with Gasteiger partial charge in [0.1, 0.15) is 0 Å². The lowest BCUT2D eigenvalue weighted by molar-refractivity contribution is -0.192. The molecule has 0 unspecified atom stereocenters. The number of hydrogen-bond donors (Lipinski definition) is 3. The van der Waals surface area contributed by atoms with Crippen molar-refractivity contribution in [2.75, 3.05) is 26.7 Å². The van der Waals surface area contributed by atoms with E-state index in [1.54, 1.807) is 0 Å². The second-order valence-electron chi connectivity index (χ2n) is 3.04. The number of likely N-dealkylation sites (N-methyl/N-ethyl adjacent to an activating group) is 1. The van der Waals surface area contributed by atoms with E-state index in [1.807, 2.05) is 11.9 Å². The number of aliphatic carboxylic acids is 2. The molecule has 4 N–H and O–H groups in total. The average Bonchev–Trinajstić information content (AvgIpc) is 2.14. The molecule has 0 amide bonds.